The highest BCUT2D eigenvalue weighted by molar-refractivity contribution is 5.85. The molecule has 1 aliphatic heterocycles. The molecule has 0 saturated carbocycles. The van der Waals surface area contributed by atoms with Crippen LogP contribution in [-0.4, -0.2) is 59.5 Å². The summed E-state index contributed by atoms with van der Waals surface area (Å²) in [5, 5.41) is 12.7. The zero-order chi connectivity index (χ0) is 21.1. The molecule has 4 rings (SSSR count). The number of nitrogens with zero attached hydrogens (tertiary/aromatic N) is 5. The molecule has 1 saturated heterocycles. The van der Waals surface area contributed by atoms with Gasteiger partial charge in [-0.15, -0.1) is 0 Å². The van der Waals surface area contributed by atoms with Crippen molar-refractivity contribution in [3.05, 3.63) is 41.5 Å². The van der Waals surface area contributed by atoms with Gasteiger partial charge < -0.3 is 10.2 Å². The maximum Gasteiger partial charge on any atom is 0.234 e. The second kappa shape index (κ2) is 8.72. The zero-order valence-corrected chi connectivity index (χ0v) is 17.7. The maximum atomic E-state index is 12.1. The highest BCUT2D eigenvalue weighted by Gasteiger charge is 2.23. The fourth-order valence-electron chi connectivity index (χ4n) is 4.10. The first kappa shape index (κ1) is 20.2. The van der Waals surface area contributed by atoms with Gasteiger partial charge in [0.2, 0.25) is 5.91 Å². The third kappa shape index (κ3) is 3.83. The number of anilines is 1. The zero-order valence-electron chi connectivity index (χ0n) is 17.7. The lowest BCUT2D eigenvalue weighted by Gasteiger charge is -2.36. The number of nitriles is 1. The second-order valence-corrected chi connectivity index (χ2v) is 7.90. The van der Waals surface area contributed by atoms with Crippen LogP contribution in [0.4, 0.5) is 5.82 Å². The Morgan fingerprint density at radius 3 is 2.73 bits per heavy atom. The van der Waals surface area contributed by atoms with Crippen molar-refractivity contribution in [3.63, 3.8) is 0 Å². The third-order valence-electron chi connectivity index (χ3n) is 5.78. The van der Waals surface area contributed by atoms with Gasteiger partial charge in [-0.05, 0) is 37.1 Å². The van der Waals surface area contributed by atoms with E-state index in [0.717, 1.165) is 68.0 Å². The first-order valence-corrected chi connectivity index (χ1v) is 10.7. The number of aromatic nitrogens is 2. The van der Waals surface area contributed by atoms with Crippen molar-refractivity contribution in [1.29, 1.82) is 5.26 Å². The van der Waals surface area contributed by atoms with Crippen molar-refractivity contribution in [2.75, 3.05) is 44.2 Å². The van der Waals surface area contributed by atoms with Crippen LogP contribution in [0, 0.1) is 18.3 Å². The number of amides is 1. The smallest absolute Gasteiger partial charge is 0.234 e. The molecule has 2 aromatic heterocycles. The molecule has 1 N–H and O–H groups in total. The summed E-state index contributed by atoms with van der Waals surface area (Å²) >= 11 is 0. The molecule has 1 aromatic carbocycles. The van der Waals surface area contributed by atoms with Gasteiger partial charge in [0, 0.05) is 32.7 Å². The Bertz CT molecular complexity index is 1100. The SMILES string of the molecule is CCCCNC(=O)CN1CCN(c2cc(C)c(C#N)c3nc4ccccc4n23)CC1. The molecule has 156 valence electrons. The fourth-order valence-corrected chi connectivity index (χ4v) is 4.10. The van der Waals surface area contributed by atoms with E-state index in [4.69, 9.17) is 4.98 Å². The van der Waals surface area contributed by atoms with E-state index in [1.54, 1.807) is 0 Å². The largest absolute Gasteiger partial charge is 0.355 e. The average molecular weight is 405 g/mol. The van der Waals surface area contributed by atoms with Crippen LogP contribution in [0.25, 0.3) is 16.7 Å². The number of imidazole rings is 1. The number of rotatable bonds is 6. The lowest BCUT2D eigenvalue weighted by Crippen LogP contribution is -2.50. The Morgan fingerprint density at radius 1 is 1.23 bits per heavy atom. The fraction of sp³-hybridized carbons (Fsp3) is 0.435. The molecule has 1 amide bonds. The van der Waals surface area contributed by atoms with E-state index in [1.807, 2.05) is 31.2 Å². The van der Waals surface area contributed by atoms with Crippen LogP contribution in [0.5, 0.6) is 0 Å². The summed E-state index contributed by atoms with van der Waals surface area (Å²) in [6.07, 6.45) is 2.10. The van der Waals surface area contributed by atoms with Gasteiger partial charge in [0.05, 0.1) is 23.1 Å². The van der Waals surface area contributed by atoms with E-state index in [2.05, 4.69) is 38.6 Å². The van der Waals surface area contributed by atoms with Gasteiger partial charge in [-0.2, -0.15) is 5.26 Å². The molecule has 30 heavy (non-hydrogen) atoms. The van der Waals surface area contributed by atoms with Crippen LogP contribution in [0.1, 0.15) is 30.9 Å². The highest BCUT2D eigenvalue weighted by atomic mass is 16.2. The quantitative estimate of drug-likeness (QED) is 0.639. The van der Waals surface area contributed by atoms with E-state index < -0.39 is 0 Å². The highest BCUT2D eigenvalue weighted by Crippen LogP contribution is 2.29. The van der Waals surface area contributed by atoms with E-state index in [-0.39, 0.29) is 5.91 Å². The van der Waals surface area contributed by atoms with Crippen molar-refractivity contribution in [1.82, 2.24) is 19.6 Å². The van der Waals surface area contributed by atoms with Crippen molar-refractivity contribution in [2.45, 2.75) is 26.7 Å². The van der Waals surface area contributed by atoms with Gasteiger partial charge in [0.15, 0.2) is 5.65 Å². The Labute approximate surface area is 176 Å². The van der Waals surface area contributed by atoms with E-state index >= 15 is 0 Å². The lowest BCUT2D eigenvalue weighted by molar-refractivity contribution is -0.122. The van der Waals surface area contributed by atoms with Gasteiger partial charge in [-0.1, -0.05) is 25.5 Å². The molecule has 0 atom stereocenters. The summed E-state index contributed by atoms with van der Waals surface area (Å²) in [5.74, 6) is 1.16. The van der Waals surface area contributed by atoms with Gasteiger partial charge in [0.25, 0.3) is 0 Å². The van der Waals surface area contributed by atoms with Crippen LogP contribution >= 0.6 is 0 Å². The van der Waals surface area contributed by atoms with Gasteiger partial charge >= 0.3 is 0 Å². The van der Waals surface area contributed by atoms with E-state index in [0.29, 0.717) is 17.8 Å². The van der Waals surface area contributed by atoms with Gasteiger partial charge in [-0.25, -0.2) is 4.98 Å². The predicted octanol–water partition coefficient (Wildman–Crippen LogP) is 2.71. The summed E-state index contributed by atoms with van der Waals surface area (Å²) in [6.45, 7) is 8.61. The summed E-state index contributed by atoms with van der Waals surface area (Å²) in [6, 6.07) is 12.4. The number of carbonyl (C=O) groups is 1. The first-order chi connectivity index (χ1) is 14.6. The molecule has 0 spiro atoms. The van der Waals surface area contributed by atoms with Gasteiger partial charge in [0.1, 0.15) is 11.9 Å². The molecule has 1 aliphatic rings. The normalized spacial score (nSPS) is 14.9. The molecule has 0 unspecified atom stereocenters. The number of piperazine rings is 1. The number of fused-ring (bicyclic) bond motifs is 3. The molecule has 0 bridgehead atoms. The molecule has 7 nitrogen and oxygen atoms in total. The molecular formula is C23H28N6O. The maximum absolute atomic E-state index is 12.1. The van der Waals surface area contributed by atoms with Crippen LogP contribution in [-0.2, 0) is 4.79 Å². The minimum Gasteiger partial charge on any atom is -0.355 e. The number of hydrogen-bond acceptors (Lipinski definition) is 5. The minimum atomic E-state index is 0.106. The molecule has 7 heteroatoms. The Balaban J connectivity index is 1.56. The van der Waals surface area contributed by atoms with Gasteiger partial charge in [-0.3, -0.25) is 14.1 Å². The summed E-state index contributed by atoms with van der Waals surface area (Å²) in [5.41, 5.74) is 4.18. The molecule has 3 heterocycles. The third-order valence-corrected chi connectivity index (χ3v) is 5.78. The first-order valence-electron chi connectivity index (χ1n) is 10.7. The summed E-state index contributed by atoms with van der Waals surface area (Å²) < 4.78 is 2.11. The lowest BCUT2D eigenvalue weighted by atomic mass is 10.1. The average Bonchev–Trinajstić information content (AvgIpc) is 3.13. The van der Waals surface area contributed by atoms with Crippen LogP contribution in [0.15, 0.2) is 30.3 Å². The molecule has 3 aromatic rings. The molecule has 1 fully saturated rings. The Kier molecular flexibility index (Phi) is 5.86. The van der Waals surface area contributed by atoms with Crippen LogP contribution in [0.2, 0.25) is 0 Å². The predicted molar refractivity (Wildman–Crippen MR) is 119 cm³/mol. The monoisotopic (exact) mass is 404 g/mol. The van der Waals surface area contributed by atoms with Crippen molar-refractivity contribution in [2.24, 2.45) is 0 Å². The number of benzene rings is 1. The molecule has 0 radical (unpaired) electrons. The second-order valence-electron chi connectivity index (χ2n) is 7.90. The van der Waals surface area contributed by atoms with Crippen molar-refractivity contribution in [3.8, 4) is 6.07 Å². The number of aryl methyl sites for hydroxylation is 1. The summed E-state index contributed by atoms with van der Waals surface area (Å²) in [4.78, 5) is 21.4. The van der Waals surface area contributed by atoms with E-state index in [9.17, 15) is 10.1 Å². The van der Waals surface area contributed by atoms with Crippen molar-refractivity contribution < 1.29 is 4.79 Å². The number of nitrogens with one attached hydrogen (secondary N) is 1. The topological polar surface area (TPSA) is 76.7 Å². The molecular weight excluding hydrogens is 376 g/mol. The Hall–Kier alpha value is -3.11. The number of carbonyl (C=O) groups excluding carboxylic acids is 1. The minimum absolute atomic E-state index is 0.106. The Morgan fingerprint density at radius 2 is 2.00 bits per heavy atom. The van der Waals surface area contributed by atoms with Crippen LogP contribution < -0.4 is 10.2 Å². The number of pyridine rings is 1. The van der Waals surface area contributed by atoms with E-state index in [1.165, 1.54) is 0 Å². The number of unbranched alkanes of at least 4 members (excludes halogenated alkanes) is 1. The van der Waals surface area contributed by atoms with Crippen LogP contribution in [0.3, 0.4) is 0 Å². The summed E-state index contributed by atoms with van der Waals surface area (Å²) in [7, 11) is 0. The molecule has 0 aliphatic carbocycles. The standard InChI is InChI=1S/C23H28N6O/c1-3-4-9-25-21(30)16-27-10-12-28(13-11-27)22-14-17(2)18(15-24)23-26-19-7-5-6-8-20(19)29(22)23/h5-8,14H,3-4,9-13,16H2,1-2H3,(H,25,30). The number of hydrogen-bond donors (Lipinski definition) is 1. The van der Waals surface area contributed by atoms with Crippen molar-refractivity contribution >= 4 is 28.4 Å². The number of para-hydroxylation sites is 2.